The molecule has 156 valence electrons. The smallest absolute Gasteiger partial charge is 0.261 e. The number of rotatable bonds is 9. The number of likely N-dealkylation sites (N-methyl/N-ethyl adjacent to an activating group) is 1. The molecule has 29 heavy (non-hydrogen) atoms. The second kappa shape index (κ2) is 10.6. The molecule has 0 saturated carbocycles. The second-order valence-electron chi connectivity index (χ2n) is 6.24. The fourth-order valence-corrected chi connectivity index (χ4v) is 2.89. The zero-order valence-corrected chi connectivity index (χ0v) is 17.7. The molecule has 0 aliphatic rings. The van der Waals surface area contributed by atoms with Crippen LogP contribution in [0.3, 0.4) is 0 Å². The van der Waals surface area contributed by atoms with Crippen LogP contribution in [0.25, 0.3) is 0 Å². The third kappa shape index (κ3) is 6.02. The Kier molecular flexibility index (Phi) is 8.15. The number of carbonyl (C=O) groups excluding carboxylic acids is 2. The van der Waals surface area contributed by atoms with E-state index in [0.717, 1.165) is 5.56 Å². The van der Waals surface area contributed by atoms with Crippen LogP contribution in [0.1, 0.15) is 12.5 Å². The fraction of sp³-hybridized carbons (Fsp3) is 0.333. The highest BCUT2D eigenvalue weighted by atomic mass is 35.5. The van der Waals surface area contributed by atoms with Crippen molar-refractivity contribution in [3.8, 4) is 17.2 Å². The summed E-state index contributed by atoms with van der Waals surface area (Å²) in [6.45, 7) is 1.57. The van der Waals surface area contributed by atoms with Gasteiger partial charge < -0.3 is 24.4 Å². The predicted molar refractivity (Wildman–Crippen MR) is 111 cm³/mol. The van der Waals surface area contributed by atoms with Crippen LogP contribution >= 0.6 is 11.6 Å². The molecule has 0 radical (unpaired) electrons. The van der Waals surface area contributed by atoms with Crippen molar-refractivity contribution in [3.05, 3.63) is 53.1 Å². The van der Waals surface area contributed by atoms with Gasteiger partial charge in [-0.15, -0.1) is 0 Å². The van der Waals surface area contributed by atoms with Crippen LogP contribution in [-0.2, 0) is 16.1 Å². The van der Waals surface area contributed by atoms with E-state index >= 15 is 0 Å². The van der Waals surface area contributed by atoms with Crippen LogP contribution in [0.2, 0.25) is 5.02 Å². The first-order valence-corrected chi connectivity index (χ1v) is 9.37. The number of amides is 2. The molecule has 2 aromatic rings. The molecule has 0 aromatic heterocycles. The van der Waals surface area contributed by atoms with Crippen molar-refractivity contribution >= 4 is 23.4 Å². The lowest BCUT2D eigenvalue weighted by Crippen LogP contribution is -2.48. The molecular formula is C21H25ClN2O5. The second-order valence-corrected chi connectivity index (χ2v) is 6.65. The van der Waals surface area contributed by atoms with Gasteiger partial charge in [0.05, 0.1) is 14.2 Å². The molecule has 1 atom stereocenters. The lowest BCUT2D eigenvalue weighted by atomic mass is 10.1. The fourth-order valence-electron chi connectivity index (χ4n) is 2.69. The molecule has 0 aliphatic heterocycles. The number of nitrogens with one attached hydrogen (secondary N) is 1. The van der Waals surface area contributed by atoms with Gasteiger partial charge in [-0.25, -0.2) is 0 Å². The van der Waals surface area contributed by atoms with Gasteiger partial charge in [0.2, 0.25) is 5.91 Å². The van der Waals surface area contributed by atoms with E-state index in [-0.39, 0.29) is 25.0 Å². The van der Waals surface area contributed by atoms with Crippen molar-refractivity contribution in [3.63, 3.8) is 0 Å². The van der Waals surface area contributed by atoms with Crippen LogP contribution in [0, 0.1) is 0 Å². The van der Waals surface area contributed by atoms with E-state index in [4.69, 9.17) is 25.8 Å². The van der Waals surface area contributed by atoms with Crippen molar-refractivity contribution < 1.29 is 23.8 Å². The lowest BCUT2D eigenvalue weighted by Gasteiger charge is -2.28. The molecule has 2 aromatic carbocycles. The molecule has 0 aliphatic carbocycles. The highest BCUT2D eigenvalue weighted by Gasteiger charge is 2.26. The quantitative estimate of drug-likeness (QED) is 0.675. The standard InChI is InChI=1S/C21H25ClN2O5/c1-14(21(26)23-2)24(12-15-7-5-6-8-19(15)22)20(25)13-29-18-10-16(27-3)9-17(11-18)28-4/h5-11,14H,12-13H2,1-4H3,(H,23,26). The number of halogens is 1. The van der Waals surface area contributed by atoms with Crippen LogP contribution in [0.4, 0.5) is 0 Å². The third-order valence-corrected chi connectivity index (χ3v) is 4.77. The lowest BCUT2D eigenvalue weighted by molar-refractivity contribution is -0.142. The first-order chi connectivity index (χ1) is 13.9. The van der Waals surface area contributed by atoms with Crippen LogP contribution in [0.15, 0.2) is 42.5 Å². The Labute approximate surface area is 175 Å². The van der Waals surface area contributed by atoms with E-state index in [9.17, 15) is 9.59 Å². The Morgan fingerprint density at radius 2 is 1.66 bits per heavy atom. The predicted octanol–water partition coefficient (Wildman–Crippen LogP) is 2.90. The van der Waals surface area contributed by atoms with Crippen molar-refractivity contribution in [2.24, 2.45) is 0 Å². The van der Waals surface area contributed by atoms with E-state index in [1.165, 1.54) is 26.2 Å². The van der Waals surface area contributed by atoms with Crippen LogP contribution in [0.5, 0.6) is 17.2 Å². The minimum atomic E-state index is -0.702. The molecular weight excluding hydrogens is 396 g/mol. The Balaban J connectivity index is 2.19. The van der Waals surface area contributed by atoms with E-state index < -0.39 is 6.04 Å². The highest BCUT2D eigenvalue weighted by Crippen LogP contribution is 2.27. The maximum absolute atomic E-state index is 12.9. The number of hydrogen-bond donors (Lipinski definition) is 1. The van der Waals surface area contributed by atoms with Crippen LogP contribution in [-0.4, -0.2) is 50.6 Å². The van der Waals surface area contributed by atoms with Gasteiger partial charge in [0.25, 0.3) is 5.91 Å². The summed E-state index contributed by atoms with van der Waals surface area (Å²) in [5, 5.41) is 3.09. The average molecular weight is 421 g/mol. The van der Waals surface area contributed by atoms with Gasteiger partial charge >= 0.3 is 0 Å². The summed E-state index contributed by atoms with van der Waals surface area (Å²) in [5.74, 6) is 0.855. The van der Waals surface area contributed by atoms with Gasteiger partial charge in [0.1, 0.15) is 23.3 Å². The zero-order valence-electron chi connectivity index (χ0n) is 16.9. The Hall–Kier alpha value is -2.93. The first kappa shape index (κ1) is 22.4. The van der Waals surface area contributed by atoms with E-state index in [1.54, 1.807) is 37.3 Å². The van der Waals surface area contributed by atoms with Crippen molar-refractivity contribution in [2.45, 2.75) is 19.5 Å². The Morgan fingerprint density at radius 1 is 1.07 bits per heavy atom. The van der Waals surface area contributed by atoms with Crippen molar-refractivity contribution in [1.29, 1.82) is 0 Å². The van der Waals surface area contributed by atoms with Gasteiger partial charge in [-0.05, 0) is 18.6 Å². The molecule has 7 nitrogen and oxygen atoms in total. The number of carbonyl (C=O) groups is 2. The minimum absolute atomic E-state index is 0.178. The molecule has 0 spiro atoms. The molecule has 0 heterocycles. The first-order valence-electron chi connectivity index (χ1n) is 9.00. The number of ether oxygens (including phenoxy) is 3. The third-order valence-electron chi connectivity index (χ3n) is 4.40. The number of hydrogen-bond acceptors (Lipinski definition) is 5. The van der Waals surface area contributed by atoms with Gasteiger partial charge in [0.15, 0.2) is 6.61 Å². The maximum atomic E-state index is 12.9. The number of methoxy groups -OCH3 is 2. The molecule has 0 saturated heterocycles. The normalized spacial score (nSPS) is 11.3. The molecule has 0 fully saturated rings. The Morgan fingerprint density at radius 3 is 2.21 bits per heavy atom. The Bertz CT molecular complexity index is 836. The average Bonchev–Trinajstić information content (AvgIpc) is 2.75. The topological polar surface area (TPSA) is 77.1 Å². The summed E-state index contributed by atoms with van der Waals surface area (Å²) >= 11 is 6.23. The van der Waals surface area contributed by atoms with Gasteiger partial charge in [0, 0.05) is 36.8 Å². The van der Waals surface area contributed by atoms with E-state index in [0.29, 0.717) is 22.3 Å². The molecule has 0 bridgehead atoms. The largest absolute Gasteiger partial charge is 0.496 e. The number of benzene rings is 2. The van der Waals surface area contributed by atoms with Gasteiger partial charge in [-0.3, -0.25) is 9.59 Å². The molecule has 1 N–H and O–H groups in total. The van der Waals surface area contributed by atoms with Crippen LogP contribution < -0.4 is 19.5 Å². The minimum Gasteiger partial charge on any atom is -0.496 e. The molecule has 8 heteroatoms. The summed E-state index contributed by atoms with van der Waals surface area (Å²) in [4.78, 5) is 26.5. The highest BCUT2D eigenvalue weighted by molar-refractivity contribution is 6.31. The summed E-state index contributed by atoms with van der Waals surface area (Å²) in [7, 11) is 4.58. The summed E-state index contributed by atoms with van der Waals surface area (Å²) < 4.78 is 16.1. The monoisotopic (exact) mass is 420 g/mol. The van der Waals surface area contributed by atoms with Crippen molar-refractivity contribution in [2.75, 3.05) is 27.9 Å². The zero-order chi connectivity index (χ0) is 21.4. The molecule has 1 unspecified atom stereocenters. The van der Waals surface area contributed by atoms with Crippen molar-refractivity contribution in [1.82, 2.24) is 10.2 Å². The summed E-state index contributed by atoms with van der Waals surface area (Å²) in [5.41, 5.74) is 0.737. The SMILES string of the molecule is CNC(=O)C(C)N(Cc1ccccc1Cl)C(=O)COc1cc(OC)cc(OC)c1. The van der Waals surface area contributed by atoms with Gasteiger partial charge in [-0.2, -0.15) is 0 Å². The summed E-state index contributed by atoms with van der Waals surface area (Å²) in [6.07, 6.45) is 0. The van der Waals surface area contributed by atoms with E-state index in [1.807, 2.05) is 12.1 Å². The van der Waals surface area contributed by atoms with E-state index in [2.05, 4.69) is 5.32 Å². The number of nitrogens with zero attached hydrogens (tertiary/aromatic N) is 1. The van der Waals surface area contributed by atoms with Gasteiger partial charge in [-0.1, -0.05) is 29.8 Å². The molecule has 2 rings (SSSR count). The molecule has 2 amide bonds. The summed E-state index contributed by atoms with van der Waals surface area (Å²) in [6, 6.07) is 11.5. The maximum Gasteiger partial charge on any atom is 0.261 e.